The van der Waals surface area contributed by atoms with E-state index in [1.165, 1.54) is 12.8 Å². The van der Waals surface area contributed by atoms with E-state index in [0.717, 1.165) is 25.3 Å². The van der Waals surface area contributed by atoms with Gasteiger partial charge in [-0.15, -0.1) is 0 Å². The van der Waals surface area contributed by atoms with Crippen molar-refractivity contribution in [3.8, 4) is 0 Å². The first-order valence-corrected chi connectivity index (χ1v) is 7.08. The summed E-state index contributed by atoms with van der Waals surface area (Å²) in [6.45, 7) is 4.41. The Labute approximate surface area is 116 Å². The highest BCUT2D eigenvalue weighted by atomic mass is 16.1. The van der Waals surface area contributed by atoms with Crippen molar-refractivity contribution in [3.63, 3.8) is 0 Å². The molecule has 7 nitrogen and oxygen atoms in total. The molecule has 1 fully saturated rings. The van der Waals surface area contributed by atoms with E-state index in [4.69, 9.17) is 5.73 Å². The average Bonchev–Trinajstić information content (AvgIpc) is 2.82. The molecular formula is C13H20N6O. The highest BCUT2D eigenvalue weighted by Crippen LogP contribution is 2.22. The van der Waals surface area contributed by atoms with Crippen LogP contribution >= 0.6 is 0 Å². The number of imidazole rings is 1. The fourth-order valence-electron chi connectivity index (χ4n) is 2.90. The Bertz CT molecular complexity index is 654. The van der Waals surface area contributed by atoms with Gasteiger partial charge in [-0.05, 0) is 37.8 Å². The lowest BCUT2D eigenvalue weighted by molar-refractivity contribution is 0.276. The highest BCUT2D eigenvalue weighted by Gasteiger charge is 2.21. The molecule has 7 heteroatoms. The predicted octanol–water partition coefficient (Wildman–Crippen LogP) is 0.407. The van der Waals surface area contributed by atoms with Gasteiger partial charge in [-0.25, -0.2) is 4.98 Å². The van der Waals surface area contributed by atoms with E-state index >= 15 is 0 Å². The number of aromatic amines is 2. The number of anilines is 1. The van der Waals surface area contributed by atoms with Gasteiger partial charge in [0, 0.05) is 6.42 Å². The number of fused-ring (bicyclic) bond motifs is 1. The van der Waals surface area contributed by atoms with Crippen molar-refractivity contribution >= 4 is 17.1 Å². The molecule has 2 atom stereocenters. The summed E-state index contributed by atoms with van der Waals surface area (Å²) in [5, 5.41) is 3.43. The SMILES string of the molecule is CC(Cc1nc2nc(N)[nH]c(=O)c2[nH]1)C1CCCNC1. The van der Waals surface area contributed by atoms with Gasteiger partial charge < -0.3 is 16.0 Å². The van der Waals surface area contributed by atoms with Crippen LogP contribution in [0.5, 0.6) is 0 Å². The van der Waals surface area contributed by atoms with Gasteiger partial charge in [0.05, 0.1) is 0 Å². The van der Waals surface area contributed by atoms with E-state index in [1.54, 1.807) is 0 Å². The number of nitrogen functional groups attached to an aromatic ring is 1. The number of piperidine rings is 1. The van der Waals surface area contributed by atoms with Gasteiger partial charge in [0.25, 0.3) is 5.56 Å². The third-order valence-electron chi connectivity index (χ3n) is 4.08. The monoisotopic (exact) mass is 276 g/mol. The fraction of sp³-hybridized carbons (Fsp3) is 0.615. The second-order valence-electron chi connectivity index (χ2n) is 5.62. The number of aromatic nitrogens is 4. The number of H-pyrrole nitrogens is 2. The molecule has 2 aromatic rings. The second-order valence-corrected chi connectivity index (χ2v) is 5.62. The van der Waals surface area contributed by atoms with Crippen LogP contribution < -0.4 is 16.6 Å². The number of nitrogens with zero attached hydrogens (tertiary/aromatic N) is 2. The Morgan fingerprint density at radius 1 is 1.40 bits per heavy atom. The van der Waals surface area contributed by atoms with Crippen LogP contribution in [-0.4, -0.2) is 33.0 Å². The second kappa shape index (κ2) is 5.24. The lowest BCUT2D eigenvalue weighted by Gasteiger charge is -2.27. The molecule has 2 aromatic heterocycles. The van der Waals surface area contributed by atoms with Crippen LogP contribution in [0.15, 0.2) is 4.79 Å². The van der Waals surface area contributed by atoms with Gasteiger partial charge >= 0.3 is 0 Å². The van der Waals surface area contributed by atoms with E-state index in [2.05, 4.69) is 32.2 Å². The summed E-state index contributed by atoms with van der Waals surface area (Å²) < 4.78 is 0. The molecule has 3 heterocycles. The van der Waals surface area contributed by atoms with Gasteiger partial charge in [0.15, 0.2) is 11.2 Å². The molecule has 2 unspecified atom stereocenters. The Kier molecular flexibility index (Phi) is 3.43. The maximum atomic E-state index is 11.7. The van der Waals surface area contributed by atoms with Crippen LogP contribution in [0, 0.1) is 11.8 Å². The number of nitrogens with two attached hydrogens (primary N) is 1. The normalized spacial score (nSPS) is 21.1. The summed E-state index contributed by atoms with van der Waals surface area (Å²) in [5.74, 6) is 2.08. The van der Waals surface area contributed by atoms with Crippen LogP contribution in [0.4, 0.5) is 5.95 Å². The van der Waals surface area contributed by atoms with Gasteiger partial charge in [-0.1, -0.05) is 6.92 Å². The molecule has 0 spiro atoms. The van der Waals surface area contributed by atoms with Crippen LogP contribution in [0.2, 0.25) is 0 Å². The minimum Gasteiger partial charge on any atom is -0.369 e. The summed E-state index contributed by atoms with van der Waals surface area (Å²) in [6, 6.07) is 0. The molecule has 0 bridgehead atoms. The number of hydrogen-bond acceptors (Lipinski definition) is 5. The molecule has 1 aliphatic rings. The average molecular weight is 276 g/mol. The number of nitrogens with one attached hydrogen (secondary N) is 3. The Morgan fingerprint density at radius 2 is 2.25 bits per heavy atom. The van der Waals surface area contributed by atoms with Crippen LogP contribution in [0.1, 0.15) is 25.6 Å². The van der Waals surface area contributed by atoms with Crippen LogP contribution in [0.3, 0.4) is 0 Å². The van der Waals surface area contributed by atoms with Crippen molar-refractivity contribution in [1.29, 1.82) is 0 Å². The van der Waals surface area contributed by atoms with Crippen LogP contribution in [-0.2, 0) is 6.42 Å². The molecular weight excluding hydrogens is 256 g/mol. The molecule has 0 aromatic carbocycles. The van der Waals surface area contributed by atoms with Gasteiger partial charge in [0.1, 0.15) is 5.82 Å². The van der Waals surface area contributed by atoms with Gasteiger partial charge in [0.2, 0.25) is 5.95 Å². The molecule has 0 saturated carbocycles. The zero-order valence-corrected chi connectivity index (χ0v) is 11.6. The minimum absolute atomic E-state index is 0.102. The Hall–Kier alpha value is -1.89. The summed E-state index contributed by atoms with van der Waals surface area (Å²) >= 11 is 0. The molecule has 0 radical (unpaired) electrons. The molecule has 3 rings (SSSR count). The van der Waals surface area contributed by atoms with E-state index in [1.807, 2.05) is 0 Å². The largest absolute Gasteiger partial charge is 0.369 e. The fourth-order valence-corrected chi connectivity index (χ4v) is 2.90. The predicted molar refractivity (Wildman–Crippen MR) is 77.4 cm³/mol. The standard InChI is InChI=1S/C13H20N6O/c1-7(8-3-2-4-15-6-8)5-9-16-10-11(17-9)18-13(14)19-12(10)20/h7-8,15H,2-6H2,1H3,(H4,14,16,17,18,19,20). The van der Waals surface area contributed by atoms with E-state index in [-0.39, 0.29) is 11.5 Å². The van der Waals surface area contributed by atoms with Crippen molar-refractivity contribution in [2.75, 3.05) is 18.8 Å². The molecule has 1 aliphatic heterocycles. The zero-order chi connectivity index (χ0) is 14.1. The van der Waals surface area contributed by atoms with Gasteiger partial charge in [-0.3, -0.25) is 9.78 Å². The summed E-state index contributed by atoms with van der Waals surface area (Å²) in [6.07, 6.45) is 3.30. The molecule has 0 aliphatic carbocycles. The maximum Gasteiger partial charge on any atom is 0.278 e. The minimum atomic E-state index is -0.266. The zero-order valence-electron chi connectivity index (χ0n) is 11.6. The highest BCUT2D eigenvalue weighted by molar-refractivity contribution is 5.70. The third-order valence-corrected chi connectivity index (χ3v) is 4.08. The van der Waals surface area contributed by atoms with E-state index < -0.39 is 0 Å². The summed E-state index contributed by atoms with van der Waals surface area (Å²) in [5.41, 5.74) is 6.06. The van der Waals surface area contributed by atoms with Crippen molar-refractivity contribution in [2.24, 2.45) is 11.8 Å². The lowest BCUT2D eigenvalue weighted by Crippen LogP contribution is -2.34. The van der Waals surface area contributed by atoms with E-state index in [9.17, 15) is 4.79 Å². The first kappa shape index (κ1) is 13.1. The molecule has 20 heavy (non-hydrogen) atoms. The van der Waals surface area contributed by atoms with Crippen molar-refractivity contribution in [1.82, 2.24) is 25.3 Å². The van der Waals surface area contributed by atoms with E-state index in [0.29, 0.717) is 23.0 Å². The Morgan fingerprint density at radius 3 is 3.00 bits per heavy atom. The number of hydrogen-bond donors (Lipinski definition) is 4. The van der Waals surface area contributed by atoms with Crippen molar-refractivity contribution in [3.05, 3.63) is 16.2 Å². The number of rotatable bonds is 3. The Balaban J connectivity index is 1.80. The summed E-state index contributed by atoms with van der Waals surface area (Å²) in [4.78, 5) is 25.7. The molecule has 1 saturated heterocycles. The maximum absolute atomic E-state index is 11.7. The van der Waals surface area contributed by atoms with Crippen molar-refractivity contribution in [2.45, 2.75) is 26.2 Å². The quantitative estimate of drug-likeness (QED) is 0.648. The molecule has 5 N–H and O–H groups in total. The molecule has 0 amide bonds. The topological polar surface area (TPSA) is 112 Å². The molecule has 108 valence electrons. The van der Waals surface area contributed by atoms with Crippen molar-refractivity contribution < 1.29 is 0 Å². The third kappa shape index (κ3) is 2.53. The first-order valence-electron chi connectivity index (χ1n) is 7.08. The van der Waals surface area contributed by atoms with Gasteiger partial charge in [-0.2, -0.15) is 4.98 Å². The summed E-state index contributed by atoms with van der Waals surface area (Å²) in [7, 11) is 0. The smallest absolute Gasteiger partial charge is 0.278 e. The first-order chi connectivity index (χ1) is 9.63. The van der Waals surface area contributed by atoms with Crippen LogP contribution in [0.25, 0.3) is 11.2 Å². The lowest BCUT2D eigenvalue weighted by atomic mass is 9.85.